The summed E-state index contributed by atoms with van der Waals surface area (Å²) in [6.07, 6.45) is -5.64. The van der Waals surface area contributed by atoms with Crippen LogP contribution in [0.25, 0.3) is 0 Å². The van der Waals surface area contributed by atoms with Crippen LogP contribution < -0.4 is 5.73 Å². The molecule has 0 bridgehead atoms. The van der Waals surface area contributed by atoms with E-state index in [0.717, 1.165) is 0 Å². The van der Waals surface area contributed by atoms with E-state index in [2.05, 4.69) is 4.74 Å². The number of hydrogen-bond donors (Lipinski definition) is 1. The number of ether oxygens (including phenoxy) is 2. The van der Waals surface area contributed by atoms with E-state index in [1.54, 1.807) is 6.92 Å². The number of alkyl halides is 5. The van der Waals surface area contributed by atoms with Crippen LogP contribution in [0.5, 0.6) is 0 Å². The fraction of sp³-hybridized carbons (Fsp3) is 0.941. The van der Waals surface area contributed by atoms with Crippen molar-refractivity contribution < 1.29 is 36.2 Å². The van der Waals surface area contributed by atoms with Crippen LogP contribution in [0.3, 0.4) is 0 Å². The highest BCUT2D eigenvalue weighted by Crippen LogP contribution is 2.36. The van der Waals surface area contributed by atoms with E-state index >= 15 is 0 Å². The summed E-state index contributed by atoms with van der Waals surface area (Å²) in [5.41, 5.74) is 5.94. The van der Waals surface area contributed by atoms with Crippen molar-refractivity contribution in [3.8, 4) is 0 Å². The normalized spacial score (nSPS) is 24.6. The van der Waals surface area contributed by atoms with Crippen LogP contribution in [0.4, 0.5) is 22.0 Å². The standard InChI is InChI=1S/C17H27F5N2O3/c1-11(26-10-12-2-6-16(18,19)7-3-12)14(23)15(25)24-8-4-13(5-9-24)27-17(20,21)22/h11-14H,2-10,23H2,1H3/t11-,14+/m1/s1. The SMILES string of the molecule is C[C@@H](OCC1CCC(F)(F)CC1)[C@H](N)C(=O)N1CCC(OC(F)(F)F)CC1. The second-order valence-electron chi connectivity index (χ2n) is 7.45. The first kappa shape index (κ1) is 22.3. The molecule has 0 unspecified atom stereocenters. The van der Waals surface area contributed by atoms with Gasteiger partial charge in [0, 0.05) is 32.5 Å². The number of halogens is 5. The van der Waals surface area contributed by atoms with Gasteiger partial charge in [-0.15, -0.1) is 13.2 Å². The second kappa shape index (κ2) is 9.00. The second-order valence-corrected chi connectivity index (χ2v) is 7.45. The van der Waals surface area contributed by atoms with Gasteiger partial charge in [0.05, 0.1) is 12.2 Å². The molecule has 1 amide bonds. The quantitative estimate of drug-likeness (QED) is 0.694. The summed E-state index contributed by atoms with van der Waals surface area (Å²) in [5, 5.41) is 0. The molecule has 1 saturated carbocycles. The van der Waals surface area contributed by atoms with Gasteiger partial charge < -0.3 is 15.4 Å². The summed E-state index contributed by atoms with van der Waals surface area (Å²) in [6, 6.07) is -0.949. The predicted octanol–water partition coefficient (Wildman–Crippen LogP) is 3.07. The van der Waals surface area contributed by atoms with Crippen LogP contribution in [0.1, 0.15) is 45.4 Å². The first-order valence-corrected chi connectivity index (χ1v) is 9.25. The lowest BCUT2D eigenvalue weighted by atomic mass is 9.87. The van der Waals surface area contributed by atoms with Crippen molar-refractivity contribution in [2.45, 2.75) is 76.0 Å². The smallest absolute Gasteiger partial charge is 0.376 e. The highest BCUT2D eigenvalue weighted by molar-refractivity contribution is 5.82. The first-order valence-electron chi connectivity index (χ1n) is 9.25. The lowest BCUT2D eigenvalue weighted by molar-refractivity contribution is -0.345. The summed E-state index contributed by atoms with van der Waals surface area (Å²) < 4.78 is 72.6. The molecule has 0 aromatic rings. The Hall–Kier alpha value is -1.00. The Bertz CT molecular complexity index is 485. The average molecular weight is 402 g/mol. The molecule has 2 atom stereocenters. The molecule has 0 spiro atoms. The maximum Gasteiger partial charge on any atom is 0.522 e. The van der Waals surface area contributed by atoms with Crippen molar-refractivity contribution in [1.82, 2.24) is 4.90 Å². The van der Waals surface area contributed by atoms with Gasteiger partial charge in [-0.25, -0.2) is 8.78 Å². The van der Waals surface area contributed by atoms with Gasteiger partial charge in [-0.1, -0.05) is 0 Å². The highest BCUT2D eigenvalue weighted by Gasteiger charge is 2.38. The monoisotopic (exact) mass is 402 g/mol. The zero-order valence-corrected chi connectivity index (χ0v) is 15.3. The minimum atomic E-state index is -4.68. The molecule has 2 fully saturated rings. The number of hydrogen-bond acceptors (Lipinski definition) is 4. The third-order valence-corrected chi connectivity index (χ3v) is 5.28. The van der Waals surface area contributed by atoms with Gasteiger partial charge in [-0.2, -0.15) is 0 Å². The van der Waals surface area contributed by atoms with Crippen molar-refractivity contribution in [2.24, 2.45) is 11.7 Å². The van der Waals surface area contributed by atoms with Crippen LogP contribution in [0.2, 0.25) is 0 Å². The van der Waals surface area contributed by atoms with Gasteiger partial charge >= 0.3 is 6.36 Å². The summed E-state index contributed by atoms with van der Waals surface area (Å²) in [6.45, 7) is 2.18. The third kappa shape index (κ3) is 7.15. The molecule has 1 aliphatic carbocycles. The molecular weight excluding hydrogens is 375 g/mol. The molecule has 0 aromatic carbocycles. The van der Waals surface area contributed by atoms with Crippen molar-refractivity contribution in [2.75, 3.05) is 19.7 Å². The Kier molecular flexibility index (Phi) is 7.43. The summed E-state index contributed by atoms with van der Waals surface area (Å²) in [4.78, 5) is 13.8. The largest absolute Gasteiger partial charge is 0.522 e. The lowest BCUT2D eigenvalue weighted by Crippen LogP contribution is -2.53. The maximum absolute atomic E-state index is 13.2. The molecule has 2 aliphatic rings. The Balaban J connectivity index is 1.71. The molecule has 1 saturated heterocycles. The van der Waals surface area contributed by atoms with E-state index in [9.17, 15) is 26.7 Å². The Morgan fingerprint density at radius 2 is 1.74 bits per heavy atom. The Morgan fingerprint density at radius 3 is 2.26 bits per heavy atom. The van der Waals surface area contributed by atoms with E-state index in [1.807, 2.05) is 0 Å². The molecule has 10 heteroatoms. The van der Waals surface area contributed by atoms with Crippen LogP contribution in [0.15, 0.2) is 0 Å². The molecular formula is C17H27F5N2O3. The molecule has 5 nitrogen and oxygen atoms in total. The van der Waals surface area contributed by atoms with Crippen molar-refractivity contribution >= 4 is 5.91 Å². The molecule has 2 rings (SSSR count). The van der Waals surface area contributed by atoms with E-state index in [-0.39, 0.29) is 57.2 Å². The summed E-state index contributed by atoms with van der Waals surface area (Å²) in [7, 11) is 0. The fourth-order valence-corrected chi connectivity index (χ4v) is 3.45. The molecule has 158 valence electrons. The van der Waals surface area contributed by atoms with Gasteiger partial charge in [0.2, 0.25) is 11.8 Å². The van der Waals surface area contributed by atoms with Crippen molar-refractivity contribution in [3.63, 3.8) is 0 Å². The number of piperidine rings is 1. The number of nitrogens with zero attached hydrogens (tertiary/aromatic N) is 1. The third-order valence-electron chi connectivity index (χ3n) is 5.28. The van der Waals surface area contributed by atoms with Crippen molar-refractivity contribution in [3.05, 3.63) is 0 Å². The maximum atomic E-state index is 13.2. The number of amides is 1. The van der Waals surface area contributed by atoms with E-state index in [0.29, 0.717) is 12.8 Å². The first-order chi connectivity index (χ1) is 12.5. The summed E-state index contributed by atoms with van der Waals surface area (Å²) >= 11 is 0. The number of carbonyl (C=O) groups excluding carboxylic acids is 1. The minimum absolute atomic E-state index is 0.0182. The van der Waals surface area contributed by atoms with Crippen LogP contribution in [0, 0.1) is 5.92 Å². The lowest BCUT2D eigenvalue weighted by Gasteiger charge is -2.35. The number of carbonyl (C=O) groups is 1. The number of nitrogens with two attached hydrogens (primary N) is 1. The van der Waals surface area contributed by atoms with Crippen LogP contribution in [-0.4, -0.2) is 61.0 Å². The van der Waals surface area contributed by atoms with E-state index < -0.39 is 30.5 Å². The van der Waals surface area contributed by atoms with Gasteiger partial charge in [-0.05, 0) is 38.5 Å². The zero-order chi connectivity index (χ0) is 20.2. The zero-order valence-electron chi connectivity index (χ0n) is 15.3. The minimum Gasteiger partial charge on any atom is -0.376 e. The number of rotatable bonds is 6. The molecule has 0 aromatic heterocycles. The Morgan fingerprint density at radius 1 is 1.19 bits per heavy atom. The fourth-order valence-electron chi connectivity index (χ4n) is 3.45. The highest BCUT2D eigenvalue weighted by atomic mass is 19.4. The van der Waals surface area contributed by atoms with Gasteiger partial charge in [0.25, 0.3) is 0 Å². The van der Waals surface area contributed by atoms with Gasteiger partial charge in [0.15, 0.2) is 0 Å². The topological polar surface area (TPSA) is 64.8 Å². The predicted molar refractivity (Wildman–Crippen MR) is 87.0 cm³/mol. The van der Waals surface area contributed by atoms with Crippen LogP contribution >= 0.6 is 0 Å². The molecule has 1 heterocycles. The van der Waals surface area contributed by atoms with Crippen molar-refractivity contribution in [1.29, 1.82) is 0 Å². The molecule has 2 N–H and O–H groups in total. The van der Waals surface area contributed by atoms with Crippen LogP contribution in [-0.2, 0) is 14.3 Å². The molecule has 1 aliphatic heterocycles. The molecule has 27 heavy (non-hydrogen) atoms. The van der Waals surface area contributed by atoms with Gasteiger partial charge in [-0.3, -0.25) is 9.53 Å². The Labute approximate surface area is 155 Å². The average Bonchev–Trinajstić information content (AvgIpc) is 2.58. The summed E-state index contributed by atoms with van der Waals surface area (Å²) in [5.74, 6) is -2.97. The number of likely N-dealkylation sites (tertiary alicyclic amines) is 1. The van der Waals surface area contributed by atoms with E-state index in [4.69, 9.17) is 10.5 Å². The van der Waals surface area contributed by atoms with E-state index in [1.165, 1.54) is 4.90 Å². The van der Waals surface area contributed by atoms with Gasteiger partial charge in [0.1, 0.15) is 6.04 Å². The molecule has 0 radical (unpaired) electrons.